The van der Waals surface area contributed by atoms with Gasteiger partial charge < -0.3 is 9.47 Å². The maximum absolute atomic E-state index is 13.8. The second kappa shape index (κ2) is 9.76. The molecule has 2 unspecified atom stereocenters. The highest BCUT2D eigenvalue weighted by Crippen LogP contribution is 2.54. The number of esters is 1. The summed E-state index contributed by atoms with van der Waals surface area (Å²) in [5.41, 5.74) is 1.21. The Kier molecular flexibility index (Phi) is 6.67. The third-order valence-electron chi connectivity index (χ3n) is 6.20. The Hall–Kier alpha value is -3.08. The molecular formula is C25H21ClN2O6S2. The van der Waals surface area contributed by atoms with E-state index in [2.05, 4.69) is 0 Å². The first-order valence-electron chi connectivity index (χ1n) is 11.2. The number of aromatic nitrogens is 1. The van der Waals surface area contributed by atoms with Gasteiger partial charge in [-0.05, 0) is 48.9 Å². The molecule has 8 nitrogen and oxygen atoms in total. The van der Waals surface area contributed by atoms with Crippen LogP contribution in [0.2, 0.25) is 5.02 Å². The molecule has 3 heterocycles. The van der Waals surface area contributed by atoms with Crippen molar-refractivity contribution in [3.8, 4) is 5.75 Å². The normalized spacial score (nSPS) is 20.8. The predicted octanol–water partition coefficient (Wildman–Crippen LogP) is 3.93. The third-order valence-corrected chi connectivity index (χ3v) is 9.06. The van der Waals surface area contributed by atoms with Crippen LogP contribution < -0.4 is 14.5 Å². The van der Waals surface area contributed by atoms with E-state index in [4.69, 9.17) is 21.1 Å². The molecule has 2 aliphatic rings. The number of nitrogens with zero attached hydrogens (tertiary/aromatic N) is 2. The highest BCUT2D eigenvalue weighted by atomic mass is 35.5. The average molecular weight is 545 g/mol. The summed E-state index contributed by atoms with van der Waals surface area (Å²) < 4.78 is 11.6. The molecule has 0 spiro atoms. The van der Waals surface area contributed by atoms with Crippen LogP contribution in [0.4, 0.5) is 5.69 Å². The number of methoxy groups -OCH3 is 1. The molecule has 0 aliphatic carbocycles. The van der Waals surface area contributed by atoms with Crippen LogP contribution in [0.3, 0.4) is 0 Å². The van der Waals surface area contributed by atoms with E-state index in [1.807, 2.05) is 0 Å². The highest BCUT2D eigenvalue weighted by Gasteiger charge is 2.56. The fourth-order valence-corrected chi connectivity index (χ4v) is 7.51. The maximum atomic E-state index is 13.8. The summed E-state index contributed by atoms with van der Waals surface area (Å²) in [6.07, 6.45) is 0. The van der Waals surface area contributed by atoms with E-state index in [-0.39, 0.29) is 29.8 Å². The van der Waals surface area contributed by atoms with Crippen molar-refractivity contribution >= 4 is 58.2 Å². The minimum absolute atomic E-state index is 0.189. The molecule has 11 heteroatoms. The highest BCUT2D eigenvalue weighted by molar-refractivity contribution is 8.00. The van der Waals surface area contributed by atoms with Gasteiger partial charge in [-0.25, -0.2) is 4.90 Å². The van der Waals surface area contributed by atoms with Crippen LogP contribution in [0.25, 0.3) is 0 Å². The molecule has 3 aromatic rings. The van der Waals surface area contributed by atoms with Gasteiger partial charge in [0.1, 0.15) is 17.5 Å². The lowest BCUT2D eigenvalue weighted by atomic mass is 9.83. The van der Waals surface area contributed by atoms with Gasteiger partial charge in [0, 0.05) is 15.8 Å². The largest absolute Gasteiger partial charge is 0.497 e. The molecule has 36 heavy (non-hydrogen) atoms. The van der Waals surface area contributed by atoms with E-state index in [0.717, 1.165) is 28.7 Å². The molecule has 0 N–H and O–H groups in total. The second-order valence-corrected chi connectivity index (χ2v) is 10.8. The number of carbonyl (C=O) groups is 3. The Morgan fingerprint density at radius 3 is 2.36 bits per heavy atom. The SMILES string of the molecule is CCOC(=O)Cn1c2c(sc1=O)[C@H](c1ccc(Cl)cc1)C1C(=O)N(c3ccc(OC)cc3)C(=O)C1S2. The van der Waals surface area contributed by atoms with Gasteiger partial charge >= 0.3 is 10.8 Å². The summed E-state index contributed by atoms with van der Waals surface area (Å²) in [6, 6.07) is 13.8. The zero-order valence-corrected chi connectivity index (χ0v) is 21.7. The van der Waals surface area contributed by atoms with Crippen molar-refractivity contribution in [2.75, 3.05) is 18.6 Å². The summed E-state index contributed by atoms with van der Waals surface area (Å²) in [7, 11) is 1.54. The van der Waals surface area contributed by atoms with Crippen LogP contribution in [0.5, 0.6) is 5.75 Å². The van der Waals surface area contributed by atoms with E-state index in [1.54, 1.807) is 55.5 Å². The Morgan fingerprint density at radius 1 is 1.03 bits per heavy atom. The molecule has 5 rings (SSSR count). The van der Waals surface area contributed by atoms with Gasteiger partial charge in [-0.3, -0.25) is 23.7 Å². The van der Waals surface area contributed by atoms with E-state index < -0.39 is 23.1 Å². The Bertz CT molecular complexity index is 1400. The first kappa shape index (κ1) is 24.6. The summed E-state index contributed by atoms with van der Waals surface area (Å²) in [6.45, 7) is 1.62. The number of imide groups is 1. The monoisotopic (exact) mass is 544 g/mol. The van der Waals surface area contributed by atoms with Crippen LogP contribution in [0.1, 0.15) is 23.3 Å². The van der Waals surface area contributed by atoms with Crippen molar-refractivity contribution in [3.63, 3.8) is 0 Å². The standard InChI is InChI=1S/C25H21ClN2O6S2/c1-3-34-17(29)12-27-24-21(36-25(27)32)18(13-4-6-14(26)7-5-13)19-20(35-24)23(31)28(22(19)30)15-8-10-16(33-2)11-9-15/h4-11,18-20H,3,12H2,1-2H3/t18-,19?,20?/m1/s1. The van der Waals surface area contributed by atoms with Gasteiger partial charge in [0.15, 0.2) is 0 Å². The van der Waals surface area contributed by atoms with Gasteiger partial charge in [0.2, 0.25) is 11.8 Å². The van der Waals surface area contributed by atoms with Crippen LogP contribution >= 0.6 is 34.7 Å². The number of fused-ring (bicyclic) bond motifs is 2. The first-order valence-corrected chi connectivity index (χ1v) is 13.2. The molecule has 1 fully saturated rings. The molecule has 0 radical (unpaired) electrons. The Labute approximate surface area is 219 Å². The quantitative estimate of drug-likeness (QED) is 0.343. The lowest BCUT2D eigenvalue weighted by Crippen LogP contribution is -2.32. The van der Waals surface area contributed by atoms with Gasteiger partial charge in [-0.15, -0.1) is 0 Å². The number of halogens is 1. The van der Waals surface area contributed by atoms with Gasteiger partial charge in [0.05, 0.1) is 30.3 Å². The van der Waals surface area contributed by atoms with Crippen LogP contribution in [0, 0.1) is 5.92 Å². The van der Waals surface area contributed by atoms with Gasteiger partial charge in [-0.2, -0.15) is 0 Å². The fraction of sp³-hybridized carbons (Fsp3) is 0.280. The molecule has 1 saturated heterocycles. The molecule has 0 bridgehead atoms. The number of thiazole rings is 1. The number of rotatable bonds is 6. The number of anilines is 1. The lowest BCUT2D eigenvalue weighted by molar-refractivity contribution is -0.144. The number of ether oxygens (including phenoxy) is 2. The van der Waals surface area contributed by atoms with Crippen molar-refractivity contribution in [2.45, 2.75) is 29.7 Å². The Morgan fingerprint density at radius 2 is 1.72 bits per heavy atom. The van der Waals surface area contributed by atoms with Crippen molar-refractivity contribution in [2.24, 2.45) is 5.92 Å². The molecular weight excluding hydrogens is 524 g/mol. The van der Waals surface area contributed by atoms with Crippen molar-refractivity contribution in [1.82, 2.24) is 4.57 Å². The molecule has 2 amide bonds. The van der Waals surface area contributed by atoms with E-state index >= 15 is 0 Å². The van der Waals surface area contributed by atoms with Crippen molar-refractivity contribution in [3.05, 3.63) is 73.7 Å². The minimum atomic E-state index is -0.768. The Balaban J connectivity index is 1.62. The van der Waals surface area contributed by atoms with Crippen molar-refractivity contribution < 1.29 is 23.9 Å². The molecule has 1 aromatic heterocycles. The molecule has 0 saturated carbocycles. The number of carbonyl (C=O) groups excluding carboxylic acids is 3. The zero-order chi connectivity index (χ0) is 25.6. The minimum Gasteiger partial charge on any atom is -0.497 e. The zero-order valence-electron chi connectivity index (χ0n) is 19.3. The van der Waals surface area contributed by atoms with Gasteiger partial charge in [0.25, 0.3) is 0 Å². The lowest BCUT2D eigenvalue weighted by Gasteiger charge is -2.30. The smallest absolute Gasteiger partial charge is 0.326 e. The van der Waals surface area contributed by atoms with E-state index in [1.165, 1.54) is 16.6 Å². The van der Waals surface area contributed by atoms with Gasteiger partial charge in [-0.1, -0.05) is 46.8 Å². The maximum Gasteiger partial charge on any atom is 0.326 e. The number of amides is 2. The second-order valence-electron chi connectivity index (χ2n) is 8.23. The third kappa shape index (κ3) is 4.12. The average Bonchev–Trinajstić information content (AvgIpc) is 3.31. The van der Waals surface area contributed by atoms with E-state index in [0.29, 0.717) is 26.4 Å². The summed E-state index contributed by atoms with van der Waals surface area (Å²) in [5, 5.41) is 0.273. The van der Waals surface area contributed by atoms with Crippen LogP contribution in [-0.2, 0) is 25.7 Å². The number of hydrogen-bond acceptors (Lipinski definition) is 8. The number of benzene rings is 2. The number of hydrogen-bond donors (Lipinski definition) is 0. The van der Waals surface area contributed by atoms with Crippen LogP contribution in [0.15, 0.2) is 58.4 Å². The fourth-order valence-electron chi connectivity index (χ4n) is 4.61. The number of thioether (sulfide) groups is 1. The van der Waals surface area contributed by atoms with Crippen molar-refractivity contribution in [1.29, 1.82) is 0 Å². The summed E-state index contributed by atoms with van der Waals surface area (Å²) in [5.74, 6) is -1.93. The topological polar surface area (TPSA) is 94.9 Å². The predicted molar refractivity (Wildman–Crippen MR) is 137 cm³/mol. The molecule has 2 aromatic carbocycles. The molecule has 2 aliphatic heterocycles. The first-order chi connectivity index (χ1) is 17.3. The molecule has 3 atom stereocenters. The van der Waals surface area contributed by atoms with E-state index in [9.17, 15) is 19.2 Å². The summed E-state index contributed by atoms with van der Waals surface area (Å²) in [4.78, 5) is 54.1. The molecule has 186 valence electrons. The summed E-state index contributed by atoms with van der Waals surface area (Å²) >= 11 is 8.25. The van der Waals surface area contributed by atoms with Crippen LogP contribution in [-0.4, -0.2) is 41.3 Å².